The zero-order valence-corrected chi connectivity index (χ0v) is 12.2. The first kappa shape index (κ1) is 13.4. The first-order valence-electron chi connectivity index (χ1n) is 5.95. The monoisotopic (exact) mass is 314 g/mol. The Morgan fingerprint density at radius 2 is 2.20 bits per heavy atom. The quantitative estimate of drug-likeness (QED) is 0.795. The minimum Gasteiger partial charge on any atom is -0.311 e. The summed E-state index contributed by atoms with van der Waals surface area (Å²) in [6.07, 6.45) is -0.313. The number of benzene rings is 1. The van der Waals surface area contributed by atoms with E-state index in [-0.39, 0.29) is 18.9 Å². The van der Waals surface area contributed by atoms with Gasteiger partial charge in [0.05, 0.1) is 15.2 Å². The fourth-order valence-corrected chi connectivity index (χ4v) is 3.79. The number of carbonyl (C=O) groups is 1. The zero-order chi connectivity index (χ0) is 14.5. The van der Waals surface area contributed by atoms with Crippen molar-refractivity contribution in [2.75, 3.05) is 11.4 Å². The third kappa shape index (κ3) is 2.29. The van der Waals surface area contributed by atoms with Gasteiger partial charge in [0.2, 0.25) is 5.91 Å². The number of amides is 1. The van der Waals surface area contributed by atoms with E-state index >= 15 is 0 Å². The van der Waals surface area contributed by atoms with E-state index in [4.69, 9.17) is 0 Å². The minimum absolute atomic E-state index is 0.147. The molecule has 2 aromatic rings. The Bertz CT molecular complexity index is 800. The summed E-state index contributed by atoms with van der Waals surface area (Å²) in [5.74, 6) is -0.387. The predicted molar refractivity (Wildman–Crippen MR) is 75.1 cm³/mol. The first-order valence-corrected chi connectivity index (χ1v) is 8.22. The number of rotatable bonds is 2. The van der Waals surface area contributed by atoms with E-state index in [9.17, 15) is 17.1 Å². The van der Waals surface area contributed by atoms with E-state index in [0.29, 0.717) is 5.69 Å². The van der Waals surface area contributed by atoms with Crippen molar-refractivity contribution >= 4 is 43.4 Å². The molecule has 5 nitrogen and oxygen atoms in total. The lowest BCUT2D eigenvalue weighted by atomic mass is 10.3. The van der Waals surface area contributed by atoms with Crippen molar-refractivity contribution in [1.82, 2.24) is 4.98 Å². The molecular weight excluding hydrogens is 303 g/mol. The highest BCUT2D eigenvalue weighted by molar-refractivity contribution is 7.87. The molecule has 0 spiro atoms. The van der Waals surface area contributed by atoms with Gasteiger partial charge in [0, 0.05) is 18.7 Å². The van der Waals surface area contributed by atoms with Crippen LogP contribution in [-0.2, 0) is 15.0 Å². The summed E-state index contributed by atoms with van der Waals surface area (Å²) in [5.41, 5.74) is 1.31. The summed E-state index contributed by atoms with van der Waals surface area (Å²) < 4.78 is 35.8. The number of hydrogen-bond donors (Lipinski definition) is 0. The van der Waals surface area contributed by atoms with Gasteiger partial charge in [0.15, 0.2) is 0 Å². The molecule has 0 aliphatic carbocycles. The van der Waals surface area contributed by atoms with Gasteiger partial charge in [-0.15, -0.1) is 15.2 Å². The van der Waals surface area contributed by atoms with E-state index in [1.807, 2.05) is 13.0 Å². The van der Waals surface area contributed by atoms with Crippen molar-refractivity contribution < 1.29 is 17.1 Å². The van der Waals surface area contributed by atoms with Crippen LogP contribution < -0.4 is 4.90 Å². The summed E-state index contributed by atoms with van der Waals surface area (Å²) in [7, 11) is -4.69. The van der Waals surface area contributed by atoms with Crippen molar-refractivity contribution in [3.05, 3.63) is 23.2 Å². The van der Waals surface area contributed by atoms with E-state index in [0.717, 1.165) is 15.2 Å². The first-order chi connectivity index (χ1) is 9.34. The number of fused-ring (bicyclic) bond motifs is 1. The Kier molecular flexibility index (Phi) is 3.02. The molecule has 8 heteroatoms. The molecule has 106 valence electrons. The van der Waals surface area contributed by atoms with Crippen molar-refractivity contribution in [2.45, 2.75) is 18.6 Å². The fraction of sp³-hybridized carbons (Fsp3) is 0.333. The lowest BCUT2D eigenvalue weighted by Crippen LogP contribution is -2.26. The highest BCUT2D eigenvalue weighted by Gasteiger charge is 2.39. The highest BCUT2D eigenvalue weighted by Crippen LogP contribution is 2.30. The van der Waals surface area contributed by atoms with E-state index < -0.39 is 15.5 Å². The van der Waals surface area contributed by atoms with Crippen LogP contribution in [0.4, 0.5) is 9.57 Å². The molecule has 1 saturated heterocycles. The molecule has 0 N–H and O–H groups in total. The number of hydrogen-bond acceptors (Lipinski definition) is 5. The SMILES string of the molecule is Cc1nc2cc(N3CC(S(=O)(=O)F)CC3=O)ccc2s1. The van der Waals surface area contributed by atoms with Crippen molar-refractivity contribution in [3.63, 3.8) is 0 Å². The maximum Gasteiger partial charge on any atom is 0.307 e. The molecule has 2 heterocycles. The second kappa shape index (κ2) is 4.49. The summed E-state index contributed by atoms with van der Waals surface area (Å²) in [4.78, 5) is 17.5. The summed E-state index contributed by atoms with van der Waals surface area (Å²) in [5, 5.41) is -0.364. The largest absolute Gasteiger partial charge is 0.311 e. The Labute approximate surface area is 119 Å². The second-order valence-electron chi connectivity index (χ2n) is 4.69. The van der Waals surface area contributed by atoms with Gasteiger partial charge in [0.25, 0.3) is 0 Å². The van der Waals surface area contributed by atoms with E-state index in [2.05, 4.69) is 4.98 Å². The van der Waals surface area contributed by atoms with Crippen molar-refractivity contribution in [3.8, 4) is 0 Å². The Morgan fingerprint density at radius 1 is 1.45 bits per heavy atom. The van der Waals surface area contributed by atoms with Crippen LogP contribution in [0.2, 0.25) is 0 Å². The van der Waals surface area contributed by atoms with Crippen LogP contribution in [0.3, 0.4) is 0 Å². The summed E-state index contributed by atoms with van der Waals surface area (Å²) >= 11 is 1.54. The van der Waals surface area contributed by atoms with Crippen LogP contribution in [0.15, 0.2) is 18.2 Å². The molecule has 1 fully saturated rings. The zero-order valence-electron chi connectivity index (χ0n) is 10.5. The topological polar surface area (TPSA) is 67.3 Å². The molecule has 1 aromatic carbocycles. The van der Waals surface area contributed by atoms with Gasteiger partial charge >= 0.3 is 10.2 Å². The molecule has 3 rings (SSSR count). The van der Waals surface area contributed by atoms with Gasteiger partial charge < -0.3 is 4.90 Å². The molecule has 1 amide bonds. The number of carbonyl (C=O) groups excluding carboxylic acids is 1. The average molecular weight is 314 g/mol. The van der Waals surface area contributed by atoms with Crippen LogP contribution in [0.1, 0.15) is 11.4 Å². The molecular formula is C12H11FN2O3S2. The summed E-state index contributed by atoms with van der Waals surface area (Å²) in [6.45, 7) is 1.74. The number of halogens is 1. The molecule has 1 aromatic heterocycles. The lowest BCUT2D eigenvalue weighted by molar-refractivity contribution is -0.117. The maximum absolute atomic E-state index is 13.0. The van der Waals surface area contributed by atoms with Gasteiger partial charge in [-0.05, 0) is 25.1 Å². The van der Waals surface area contributed by atoms with Gasteiger partial charge in [-0.2, -0.15) is 8.42 Å². The molecule has 1 atom stereocenters. The van der Waals surface area contributed by atoms with Crippen LogP contribution in [0.5, 0.6) is 0 Å². The smallest absolute Gasteiger partial charge is 0.307 e. The minimum atomic E-state index is -4.69. The highest BCUT2D eigenvalue weighted by atomic mass is 32.3. The van der Waals surface area contributed by atoms with Gasteiger partial charge in [-0.3, -0.25) is 4.79 Å². The standard InChI is InChI=1S/C12H11FN2O3S2/c1-7-14-10-4-8(2-3-11(10)19-7)15-6-9(5-12(15)16)20(13,17)18/h2-4,9H,5-6H2,1H3. The van der Waals surface area contributed by atoms with Crippen LogP contribution in [0.25, 0.3) is 10.2 Å². The van der Waals surface area contributed by atoms with Gasteiger partial charge in [-0.1, -0.05) is 0 Å². The van der Waals surface area contributed by atoms with Crippen molar-refractivity contribution in [1.29, 1.82) is 0 Å². The van der Waals surface area contributed by atoms with Crippen LogP contribution >= 0.6 is 11.3 Å². The lowest BCUT2D eigenvalue weighted by Gasteiger charge is -2.15. The Hall–Kier alpha value is -1.54. The Balaban J connectivity index is 1.97. The number of thiazole rings is 1. The third-order valence-corrected chi connectivity index (χ3v) is 5.34. The fourth-order valence-electron chi connectivity index (χ4n) is 2.31. The van der Waals surface area contributed by atoms with E-state index in [1.54, 1.807) is 12.1 Å². The summed E-state index contributed by atoms with van der Waals surface area (Å²) in [6, 6.07) is 5.29. The number of aryl methyl sites for hydroxylation is 1. The third-order valence-electron chi connectivity index (χ3n) is 3.28. The molecule has 1 aliphatic rings. The maximum atomic E-state index is 13.0. The molecule has 20 heavy (non-hydrogen) atoms. The second-order valence-corrected chi connectivity index (χ2v) is 7.54. The van der Waals surface area contributed by atoms with Crippen LogP contribution in [-0.4, -0.2) is 31.1 Å². The molecule has 0 radical (unpaired) electrons. The number of aromatic nitrogens is 1. The molecule has 0 bridgehead atoms. The molecule has 1 unspecified atom stereocenters. The molecule has 0 saturated carbocycles. The normalized spacial score (nSPS) is 20.0. The Morgan fingerprint density at radius 3 is 2.85 bits per heavy atom. The average Bonchev–Trinajstić information content (AvgIpc) is 2.89. The number of nitrogens with zero attached hydrogens (tertiary/aromatic N) is 2. The van der Waals surface area contributed by atoms with Crippen molar-refractivity contribution in [2.24, 2.45) is 0 Å². The number of anilines is 1. The van der Waals surface area contributed by atoms with Crippen LogP contribution in [0, 0.1) is 6.92 Å². The van der Waals surface area contributed by atoms with Gasteiger partial charge in [0.1, 0.15) is 5.25 Å². The molecule has 1 aliphatic heterocycles. The van der Waals surface area contributed by atoms with E-state index in [1.165, 1.54) is 16.2 Å². The van der Waals surface area contributed by atoms with Gasteiger partial charge in [-0.25, -0.2) is 4.98 Å². The predicted octanol–water partition coefficient (Wildman–Crippen LogP) is 2.01.